The van der Waals surface area contributed by atoms with E-state index in [1.807, 2.05) is 6.07 Å². The number of nitrogens with zero attached hydrogens (tertiary/aromatic N) is 1. The van der Waals surface area contributed by atoms with Gasteiger partial charge >= 0.3 is 0 Å². The van der Waals surface area contributed by atoms with Crippen molar-refractivity contribution in [2.45, 2.75) is 0 Å². The predicted octanol–water partition coefficient (Wildman–Crippen LogP) is 2.46. The van der Waals surface area contributed by atoms with Crippen molar-refractivity contribution in [1.29, 1.82) is 5.41 Å². The second-order valence-electron chi connectivity index (χ2n) is 2.61. The van der Waals surface area contributed by atoms with Crippen molar-refractivity contribution in [2.24, 2.45) is 0 Å². The molecule has 15 heavy (non-hydrogen) atoms. The van der Waals surface area contributed by atoms with Gasteiger partial charge in [0.2, 0.25) is 0 Å². The lowest BCUT2D eigenvalue weighted by Gasteiger charge is -2.09. The summed E-state index contributed by atoms with van der Waals surface area (Å²) in [7, 11) is 1.77. The lowest BCUT2D eigenvalue weighted by molar-refractivity contribution is 0.992. The summed E-state index contributed by atoms with van der Waals surface area (Å²) in [6, 6.07) is 1.83. The standard InChI is InChI=1S/C9H10ClIN4/c1-13-8(2-3-12)15-9-4-7(11)6(10)5-14-9/h2-5,12-13H,1H3,(H,14,15)/b8-2+,12-3?. The summed E-state index contributed by atoms with van der Waals surface area (Å²) in [5.41, 5.74) is 0. The molecule has 80 valence electrons. The average Bonchev–Trinajstić information content (AvgIpc) is 2.23. The summed E-state index contributed by atoms with van der Waals surface area (Å²) < 4.78 is 0.928. The Hall–Kier alpha value is -0.820. The van der Waals surface area contributed by atoms with Gasteiger partial charge in [-0.15, -0.1) is 0 Å². The summed E-state index contributed by atoms with van der Waals surface area (Å²) in [6.45, 7) is 0. The number of hydrogen-bond donors (Lipinski definition) is 3. The van der Waals surface area contributed by atoms with Crippen LogP contribution < -0.4 is 10.6 Å². The van der Waals surface area contributed by atoms with E-state index >= 15 is 0 Å². The Morgan fingerprint density at radius 3 is 2.93 bits per heavy atom. The molecule has 0 saturated carbocycles. The molecule has 0 bridgehead atoms. The molecule has 0 atom stereocenters. The molecule has 0 fully saturated rings. The molecule has 1 aromatic heterocycles. The maximum Gasteiger partial charge on any atom is 0.132 e. The lowest BCUT2D eigenvalue weighted by Crippen LogP contribution is -2.15. The fraction of sp³-hybridized carbons (Fsp3) is 0.111. The lowest BCUT2D eigenvalue weighted by atomic mass is 10.4. The van der Waals surface area contributed by atoms with Gasteiger partial charge in [0.05, 0.1) is 5.02 Å². The number of anilines is 1. The SMILES string of the molecule is CN/C(=C\C=N)Nc1cc(I)c(Cl)cn1. The fourth-order valence-corrected chi connectivity index (χ4v) is 1.43. The Bertz CT molecular complexity index is 392. The van der Waals surface area contributed by atoms with Crippen LogP contribution in [-0.2, 0) is 0 Å². The van der Waals surface area contributed by atoms with Gasteiger partial charge in [-0.3, -0.25) is 0 Å². The van der Waals surface area contributed by atoms with Crippen LogP contribution in [-0.4, -0.2) is 18.2 Å². The Morgan fingerprint density at radius 2 is 2.40 bits per heavy atom. The maximum absolute atomic E-state index is 6.95. The second-order valence-corrected chi connectivity index (χ2v) is 4.18. The molecule has 6 heteroatoms. The van der Waals surface area contributed by atoms with E-state index < -0.39 is 0 Å². The van der Waals surface area contributed by atoms with Crippen LogP contribution in [0.2, 0.25) is 5.02 Å². The minimum atomic E-state index is 0.628. The van der Waals surface area contributed by atoms with E-state index in [2.05, 4.69) is 38.2 Å². The van der Waals surface area contributed by atoms with Crippen molar-refractivity contribution >= 4 is 46.2 Å². The highest BCUT2D eigenvalue weighted by molar-refractivity contribution is 14.1. The molecule has 0 aliphatic heterocycles. The molecule has 0 radical (unpaired) electrons. The number of nitrogens with one attached hydrogen (secondary N) is 3. The summed E-state index contributed by atoms with van der Waals surface area (Å²) in [6.07, 6.45) is 4.38. The Kier molecular flexibility index (Phi) is 4.83. The van der Waals surface area contributed by atoms with Gasteiger partial charge in [0.15, 0.2) is 0 Å². The summed E-state index contributed by atoms with van der Waals surface area (Å²) in [4.78, 5) is 4.11. The Balaban J connectivity index is 2.84. The predicted molar refractivity (Wildman–Crippen MR) is 71.5 cm³/mol. The normalized spacial score (nSPS) is 11.0. The van der Waals surface area contributed by atoms with Crippen LogP contribution >= 0.6 is 34.2 Å². The van der Waals surface area contributed by atoms with Crippen molar-refractivity contribution in [3.8, 4) is 0 Å². The molecule has 1 heterocycles. The van der Waals surface area contributed by atoms with Crippen LogP contribution in [0.5, 0.6) is 0 Å². The van der Waals surface area contributed by atoms with Crippen LogP contribution in [0, 0.1) is 8.98 Å². The molecule has 0 amide bonds. The van der Waals surface area contributed by atoms with Gasteiger partial charge in [0.25, 0.3) is 0 Å². The van der Waals surface area contributed by atoms with Crippen LogP contribution in [0.1, 0.15) is 0 Å². The zero-order chi connectivity index (χ0) is 11.3. The molecule has 0 spiro atoms. The highest BCUT2D eigenvalue weighted by atomic mass is 127. The minimum Gasteiger partial charge on any atom is -0.375 e. The smallest absolute Gasteiger partial charge is 0.132 e. The maximum atomic E-state index is 6.95. The second kappa shape index (κ2) is 5.92. The van der Waals surface area contributed by atoms with E-state index in [9.17, 15) is 0 Å². The molecular formula is C9H10ClIN4. The third kappa shape index (κ3) is 3.67. The van der Waals surface area contributed by atoms with Crippen molar-refractivity contribution < 1.29 is 0 Å². The molecule has 0 aromatic carbocycles. The number of aromatic nitrogens is 1. The molecule has 3 N–H and O–H groups in total. The van der Waals surface area contributed by atoms with Crippen LogP contribution in [0.3, 0.4) is 0 Å². The topological polar surface area (TPSA) is 60.8 Å². The largest absolute Gasteiger partial charge is 0.375 e. The number of pyridine rings is 1. The van der Waals surface area contributed by atoms with Crippen molar-refractivity contribution in [3.63, 3.8) is 0 Å². The third-order valence-electron chi connectivity index (χ3n) is 1.59. The van der Waals surface area contributed by atoms with Gasteiger partial charge in [-0.1, -0.05) is 11.6 Å². The molecule has 0 unspecified atom stereocenters. The van der Waals surface area contributed by atoms with Gasteiger partial charge in [-0.05, 0) is 34.7 Å². The van der Waals surface area contributed by atoms with E-state index in [4.69, 9.17) is 17.0 Å². The molecule has 0 aliphatic rings. The van der Waals surface area contributed by atoms with Gasteiger partial charge in [-0.2, -0.15) is 0 Å². The molecule has 0 saturated heterocycles. The molecule has 4 nitrogen and oxygen atoms in total. The van der Waals surface area contributed by atoms with E-state index in [1.54, 1.807) is 19.3 Å². The van der Waals surface area contributed by atoms with Crippen molar-refractivity contribution in [2.75, 3.05) is 12.4 Å². The third-order valence-corrected chi connectivity index (χ3v) is 3.10. The first-order chi connectivity index (χ1) is 7.17. The number of rotatable bonds is 4. The quantitative estimate of drug-likeness (QED) is 0.585. The molecule has 1 rings (SSSR count). The highest BCUT2D eigenvalue weighted by Gasteiger charge is 2.01. The molecule has 1 aromatic rings. The van der Waals surface area contributed by atoms with Gasteiger partial charge in [0.1, 0.15) is 11.6 Å². The minimum absolute atomic E-state index is 0.628. The molecular weight excluding hydrogens is 326 g/mol. The summed E-state index contributed by atoms with van der Waals surface area (Å²) in [5.74, 6) is 1.39. The van der Waals surface area contributed by atoms with Crippen LogP contribution in [0.25, 0.3) is 0 Å². The van der Waals surface area contributed by atoms with Gasteiger partial charge in [0, 0.05) is 23.0 Å². The highest BCUT2D eigenvalue weighted by Crippen LogP contribution is 2.19. The molecule has 0 aliphatic carbocycles. The zero-order valence-electron chi connectivity index (χ0n) is 8.01. The van der Waals surface area contributed by atoms with E-state index in [-0.39, 0.29) is 0 Å². The first kappa shape index (κ1) is 12.3. The summed E-state index contributed by atoms with van der Waals surface area (Å²) in [5, 5.41) is 13.5. The van der Waals surface area contributed by atoms with Crippen LogP contribution in [0.15, 0.2) is 24.2 Å². The summed E-state index contributed by atoms with van der Waals surface area (Å²) >= 11 is 7.98. The Morgan fingerprint density at radius 1 is 1.67 bits per heavy atom. The van der Waals surface area contributed by atoms with Gasteiger partial charge < -0.3 is 16.0 Å². The van der Waals surface area contributed by atoms with Crippen LogP contribution in [0.4, 0.5) is 5.82 Å². The monoisotopic (exact) mass is 336 g/mol. The van der Waals surface area contributed by atoms with E-state index in [0.717, 1.165) is 3.57 Å². The Labute approximate surface area is 107 Å². The number of allylic oxidation sites excluding steroid dienone is 1. The fourth-order valence-electron chi connectivity index (χ4n) is 0.891. The van der Waals surface area contributed by atoms with Gasteiger partial charge in [-0.25, -0.2) is 4.98 Å². The van der Waals surface area contributed by atoms with E-state index in [1.165, 1.54) is 6.21 Å². The first-order valence-corrected chi connectivity index (χ1v) is 5.59. The first-order valence-electron chi connectivity index (χ1n) is 4.14. The zero-order valence-corrected chi connectivity index (χ0v) is 10.9. The number of hydrogen-bond acceptors (Lipinski definition) is 4. The van der Waals surface area contributed by atoms with E-state index in [0.29, 0.717) is 16.7 Å². The van der Waals surface area contributed by atoms with Crippen molar-refractivity contribution in [1.82, 2.24) is 10.3 Å². The average molecular weight is 337 g/mol. The number of halogens is 2. The van der Waals surface area contributed by atoms with Crippen molar-refractivity contribution in [3.05, 3.63) is 32.8 Å².